The molecular weight excluding hydrogens is 352 g/mol. The summed E-state index contributed by atoms with van der Waals surface area (Å²) in [5.41, 5.74) is -0.235. The largest absolute Gasteiger partial charge is 0.311 e. The molecule has 26 heavy (non-hydrogen) atoms. The van der Waals surface area contributed by atoms with Crippen molar-refractivity contribution in [2.24, 2.45) is 0 Å². The third-order valence-electron chi connectivity index (χ3n) is 3.94. The summed E-state index contributed by atoms with van der Waals surface area (Å²) in [6.07, 6.45) is -2.80. The Balaban J connectivity index is 2.20. The van der Waals surface area contributed by atoms with Crippen LogP contribution in [0, 0.1) is 24.1 Å². The van der Waals surface area contributed by atoms with E-state index in [1.807, 2.05) is 0 Å². The minimum absolute atomic E-state index is 0.0993. The normalized spacial score (nSPS) is 11.8. The molecule has 0 aliphatic carbocycles. The van der Waals surface area contributed by atoms with Crippen LogP contribution in [0.3, 0.4) is 0 Å². The van der Waals surface area contributed by atoms with Gasteiger partial charge >= 0.3 is 12.2 Å². The van der Waals surface area contributed by atoms with Crippen molar-refractivity contribution in [3.05, 3.63) is 48.3 Å². The minimum atomic E-state index is -1.40. The summed E-state index contributed by atoms with van der Waals surface area (Å²) in [7, 11) is 0. The van der Waals surface area contributed by atoms with Crippen LogP contribution in [0.2, 0.25) is 0 Å². The molecule has 10 heteroatoms. The number of halogens is 4. The maximum Gasteiger partial charge on any atom is 0.311 e. The van der Waals surface area contributed by atoms with Gasteiger partial charge in [0.05, 0.1) is 21.8 Å². The van der Waals surface area contributed by atoms with Gasteiger partial charge in [0.25, 0.3) is 0 Å². The summed E-state index contributed by atoms with van der Waals surface area (Å²) in [6.45, 7) is 0. The van der Waals surface area contributed by atoms with Crippen molar-refractivity contribution in [2.75, 3.05) is 0 Å². The molecule has 0 bridgehead atoms. The standard InChI is InChI=1S/C16H4F4N6/c17-13-7-9-10(22-6-4-2-1-3-5(6)21-9)8-12(11(7)23-15(19)25-13)24-16(20)26-14(8)18/h1-4H. The first-order valence-corrected chi connectivity index (χ1v) is 7.27. The van der Waals surface area contributed by atoms with Crippen LogP contribution in [-0.2, 0) is 0 Å². The van der Waals surface area contributed by atoms with E-state index in [1.54, 1.807) is 24.3 Å². The molecule has 6 nitrogen and oxygen atoms in total. The van der Waals surface area contributed by atoms with Gasteiger partial charge in [-0.1, -0.05) is 12.1 Å². The molecule has 3 heterocycles. The van der Waals surface area contributed by atoms with Gasteiger partial charge in [-0.2, -0.15) is 37.5 Å². The highest BCUT2D eigenvalue weighted by Gasteiger charge is 2.23. The van der Waals surface area contributed by atoms with Crippen LogP contribution >= 0.6 is 0 Å². The highest BCUT2D eigenvalue weighted by Crippen LogP contribution is 2.34. The van der Waals surface area contributed by atoms with Crippen LogP contribution in [0.4, 0.5) is 17.6 Å². The zero-order valence-electron chi connectivity index (χ0n) is 12.5. The Morgan fingerprint density at radius 2 is 0.885 bits per heavy atom. The van der Waals surface area contributed by atoms with E-state index in [9.17, 15) is 17.6 Å². The van der Waals surface area contributed by atoms with Crippen molar-refractivity contribution in [3.8, 4) is 0 Å². The average molecular weight is 356 g/mol. The van der Waals surface area contributed by atoms with Gasteiger partial charge in [0.15, 0.2) is 0 Å². The van der Waals surface area contributed by atoms with Gasteiger partial charge in [0.1, 0.15) is 22.1 Å². The molecule has 0 fully saturated rings. The highest BCUT2D eigenvalue weighted by molar-refractivity contribution is 6.21. The van der Waals surface area contributed by atoms with Gasteiger partial charge in [-0.25, -0.2) is 9.97 Å². The summed E-state index contributed by atoms with van der Waals surface area (Å²) >= 11 is 0. The van der Waals surface area contributed by atoms with Crippen molar-refractivity contribution < 1.29 is 17.6 Å². The molecule has 126 valence electrons. The Bertz CT molecular complexity index is 1280. The maximum atomic E-state index is 14.4. The lowest BCUT2D eigenvalue weighted by Crippen LogP contribution is -2.04. The van der Waals surface area contributed by atoms with Gasteiger partial charge in [0, 0.05) is 0 Å². The molecular formula is C16H4F4N6. The zero-order valence-corrected chi connectivity index (χ0v) is 12.5. The number of benzene rings is 2. The molecule has 0 aliphatic rings. The molecule has 0 saturated heterocycles. The van der Waals surface area contributed by atoms with Crippen molar-refractivity contribution in [2.45, 2.75) is 0 Å². The Hall–Kier alpha value is -3.56. The summed E-state index contributed by atoms with van der Waals surface area (Å²) in [4.78, 5) is 21.6. The van der Waals surface area contributed by atoms with E-state index >= 15 is 0 Å². The number of aromatic nitrogens is 6. The molecule has 0 saturated carbocycles. The number of rotatable bonds is 0. The van der Waals surface area contributed by atoms with Crippen molar-refractivity contribution in [1.82, 2.24) is 29.9 Å². The Labute approximate surface area is 140 Å². The van der Waals surface area contributed by atoms with E-state index in [1.165, 1.54) is 0 Å². The Morgan fingerprint density at radius 3 is 1.31 bits per heavy atom. The van der Waals surface area contributed by atoms with Crippen LogP contribution in [0.5, 0.6) is 0 Å². The predicted molar refractivity (Wildman–Crippen MR) is 83.1 cm³/mol. The minimum Gasteiger partial charge on any atom is -0.244 e. The first-order valence-electron chi connectivity index (χ1n) is 7.27. The topological polar surface area (TPSA) is 77.3 Å². The highest BCUT2D eigenvalue weighted by atomic mass is 19.2. The number of hydrogen-bond donors (Lipinski definition) is 0. The fourth-order valence-electron chi connectivity index (χ4n) is 2.93. The fraction of sp³-hybridized carbons (Fsp3) is 0. The lowest BCUT2D eigenvalue weighted by atomic mass is 10.1. The molecule has 0 radical (unpaired) electrons. The first-order chi connectivity index (χ1) is 12.5. The molecule has 3 aromatic heterocycles. The van der Waals surface area contributed by atoms with Gasteiger partial charge in [-0.3, -0.25) is 0 Å². The van der Waals surface area contributed by atoms with Crippen LogP contribution in [0.1, 0.15) is 0 Å². The maximum absolute atomic E-state index is 14.4. The van der Waals surface area contributed by atoms with Crippen molar-refractivity contribution in [3.63, 3.8) is 0 Å². The summed E-state index contributed by atoms with van der Waals surface area (Å²) < 4.78 is 55.9. The SMILES string of the molecule is Fc1nc(F)c2c(n1)c1nc(F)nc(F)c1c1nc3ccccc3nc12. The molecule has 0 atom stereocenters. The van der Waals surface area contributed by atoms with Crippen LogP contribution in [0.25, 0.3) is 43.9 Å². The van der Waals surface area contributed by atoms with E-state index in [4.69, 9.17) is 0 Å². The van der Waals surface area contributed by atoms with E-state index in [2.05, 4.69) is 29.9 Å². The van der Waals surface area contributed by atoms with E-state index in [0.717, 1.165) is 0 Å². The molecule has 0 amide bonds. The van der Waals surface area contributed by atoms with Crippen molar-refractivity contribution >= 4 is 43.9 Å². The smallest absolute Gasteiger partial charge is 0.244 e. The average Bonchev–Trinajstić information content (AvgIpc) is 2.59. The van der Waals surface area contributed by atoms with E-state index in [-0.39, 0.29) is 21.8 Å². The summed E-state index contributed by atoms with van der Waals surface area (Å²) in [5, 5.41) is -0.658. The Morgan fingerprint density at radius 1 is 0.500 bits per heavy atom. The first kappa shape index (κ1) is 14.8. The molecule has 0 N–H and O–H groups in total. The summed E-state index contributed by atoms with van der Waals surface area (Å²) in [5.74, 6) is -2.47. The van der Waals surface area contributed by atoms with Gasteiger partial charge < -0.3 is 0 Å². The number of fused-ring (bicyclic) bond motifs is 7. The summed E-state index contributed by atoms with van der Waals surface area (Å²) in [6, 6.07) is 6.63. The molecule has 2 aromatic carbocycles. The van der Waals surface area contributed by atoms with Gasteiger partial charge in [0.2, 0.25) is 11.9 Å². The van der Waals surface area contributed by atoms with Crippen molar-refractivity contribution in [1.29, 1.82) is 0 Å². The molecule has 5 aromatic rings. The second kappa shape index (κ2) is 4.97. The number of para-hydroxylation sites is 2. The van der Waals surface area contributed by atoms with E-state index in [0.29, 0.717) is 11.0 Å². The number of hydrogen-bond acceptors (Lipinski definition) is 6. The monoisotopic (exact) mass is 356 g/mol. The van der Waals surface area contributed by atoms with Crippen LogP contribution in [-0.4, -0.2) is 29.9 Å². The van der Waals surface area contributed by atoms with Gasteiger partial charge in [-0.15, -0.1) is 0 Å². The molecule has 0 spiro atoms. The third-order valence-corrected chi connectivity index (χ3v) is 3.94. The molecule has 0 unspecified atom stereocenters. The van der Waals surface area contributed by atoms with Crippen LogP contribution < -0.4 is 0 Å². The molecule has 5 rings (SSSR count). The predicted octanol–water partition coefficient (Wildman–Crippen LogP) is 3.23. The second-order valence-corrected chi connectivity index (χ2v) is 5.42. The lowest BCUT2D eigenvalue weighted by Gasteiger charge is -2.09. The quantitative estimate of drug-likeness (QED) is 0.139. The molecule has 0 aliphatic heterocycles. The third kappa shape index (κ3) is 1.92. The zero-order chi connectivity index (χ0) is 18.0. The Kier molecular flexibility index (Phi) is 2.82. The van der Waals surface area contributed by atoms with Gasteiger partial charge in [-0.05, 0) is 12.1 Å². The fourth-order valence-corrected chi connectivity index (χ4v) is 2.93. The second-order valence-electron chi connectivity index (χ2n) is 5.42. The number of nitrogens with zero attached hydrogens (tertiary/aromatic N) is 6. The lowest BCUT2D eigenvalue weighted by molar-refractivity contribution is 0.490. The van der Waals surface area contributed by atoms with Crippen LogP contribution in [0.15, 0.2) is 24.3 Å². The van der Waals surface area contributed by atoms with E-state index < -0.39 is 35.1 Å².